The SMILES string of the molecule is C[C@H](NC(=O)C(=O)NC[C@@H](C)O)c1ccccc1. The molecular weight excluding hydrogens is 232 g/mol. The van der Waals surface area contributed by atoms with Gasteiger partial charge in [-0.2, -0.15) is 0 Å². The van der Waals surface area contributed by atoms with Crippen molar-refractivity contribution in [2.24, 2.45) is 0 Å². The van der Waals surface area contributed by atoms with E-state index in [0.29, 0.717) is 0 Å². The molecule has 0 aliphatic rings. The molecule has 5 nitrogen and oxygen atoms in total. The van der Waals surface area contributed by atoms with E-state index in [1.807, 2.05) is 30.3 Å². The summed E-state index contributed by atoms with van der Waals surface area (Å²) >= 11 is 0. The minimum atomic E-state index is -0.737. The summed E-state index contributed by atoms with van der Waals surface area (Å²) in [6.07, 6.45) is -0.673. The number of benzene rings is 1. The van der Waals surface area contributed by atoms with E-state index in [0.717, 1.165) is 5.56 Å². The van der Waals surface area contributed by atoms with Gasteiger partial charge in [0.25, 0.3) is 0 Å². The molecule has 0 radical (unpaired) electrons. The number of hydrogen-bond donors (Lipinski definition) is 3. The molecule has 0 spiro atoms. The quantitative estimate of drug-likeness (QED) is 0.675. The highest BCUT2D eigenvalue weighted by Gasteiger charge is 2.16. The zero-order valence-electron chi connectivity index (χ0n) is 10.5. The van der Waals surface area contributed by atoms with E-state index in [2.05, 4.69) is 10.6 Å². The Kier molecular flexibility index (Phi) is 5.32. The number of carbonyl (C=O) groups is 2. The van der Waals surface area contributed by atoms with E-state index >= 15 is 0 Å². The van der Waals surface area contributed by atoms with Gasteiger partial charge < -0.3 is 15.7 Å². The van der Waals surface area contributed by atoms with Crippen molar-refractivity contribution in [2.45, 2.75) is 26.0 Å². The number of aliphatic hydroxyl groups is 1. The van der Waals surface area contributed by atoms with Crippen LogP contribution in [0.2, 0.25) is 0 Å². The van der Waals surface area contributed by atoms with E-state index < -0.39 is 17.9 Å². The lowest BCUT2D eigenvalue weighted by Crippen LogP contribution is -2.43. The highest BCUT2D eigenvalue weighted by Crippen LogP contribution is 2.10. The van der Waals surface area contributed by atoms with Crippen LogP contribution in [-0.4, -0.2) is 29.6 Å². The zero-order chi connectivity index (χ0) is 13.5. The molecule has 0 heterocycles. The number of carbonyl (C=O) groups excluding carboxylic acids is 2. The molecule has 0 aromatic heterocycles. The van der Waals surface area contributed by atoms with Gasteiger partial charge >= 0.3 is 11.8 Å². The fourth-order valence-corrected chi connectivity index (χ4v) is 1.41. The number of hydrogen-bond acceptors (Lipinski definition) is 3. The molecule has 1 aromatic carbocycles. The van der Waals surface area contributed by atoms with Crippen molar-refractivity contribution in [2.75, 3.05) is 6.54 Å². The summed E-state index contributed by atoms with van der Waals surface area (Å²) < 4.78 is 0. The Morgan fingerprint density at radius 2 is 1.78 bits per heavy atom. The van der Waals surface area contributed by atoms with E-state index in [4.69, 9.17) is 5.11 Å². The molecule has 5 heteroatoms. The summed E-state index contributed by atoms with van der Waals surface area (Å²) in [4.78, 5) is 22.9. The lowest BCUT2D eigenvalue weighted by atomic mass is 10.1. The van der Waals surface area contributed by atoms with E-state index in [1.54, 1.807) is 6.92 Å². The molecule has 98 valence electrons. The summed E-state index contributed by atoms with van der Waals surface area (Å²) in [6.45, 7) is 3.39. The first-order valence-corrected chi connectivity index (χ1v) is 5.82. The summed E-state index contributed by atoms with van der Waals surface area (Å²) in [6, 6.07) is 9.12. The van der Waals surface area contributed by atoms with Crippen LogP contribution in [0.15, 0.2) is 30.3 Å². The van der Waals surface area contributed by atoms with E-state index in [9.17, 15) is 9.59 Å². The van der Waals surface area contributed by atoms with E-state index in [-0.39, 0.29) is 12.6 Å². The summed E-state index contributed by atoms with van der Waals surface area (Å²) in [5.41, 5.74) is 0.925. The Morgan fingerprint density at radius 1 is 1.17 bits per heavy atom. The van der Waals surface area contributed by atoms with Crippen molar-refractivity contribution in [3.8, 4) is 0 Å². The molecule has 0 saturated heterocycles. The normalized spacial score (nSPS) is 13.5. The van der Waals surface area contributed by atoms with Crippen LogP contribution in [0.1, 0.15) is 25.5 Å². The predicted octanol–water partition coefficient (Wildman–Crippen LogP) is 0.361. The van der Waals surface area contributed by atoms with Gasteiger partial charge in [0.2, 0.25) is 0 Å². The molecule has 0 fully saturated rings. The van der Waals surface area contributed by atoms with Crippen LogP contribution >= 0.6 is 0 Å². The Bertz CT molecular complexity index is 404. The fourth-order valence-electron chi connectivity index (χ4n) is 1.41. The van der Waals surface area contributed by atoms with Crippen LogP contribution in [-0.2, 0) is 9.59 Å². The lowest BCUT2D eigenvalue weighted by Gasteiger charge is -2.14. The smallest absolute Gasteiger partial charge is 0.309 e. The topological polar surface area (TPSA) is 78.4 Å². The van der Waals surface area contributed by atoms with Crippen molar-refractivity contribution in [1.82, 2.24) is 10.6 Å². The maximum atomic E-state index is 11.5. The highest BCUT2D eigenvalue weighted by atomic mass is 16.3. The first-order valence-electron chi connectivity index (χ1n) is 5.82. The first-order chi connectivity index (χ1) is 8.50. The molecule has 2 amide bonds. The minimum Gasteiger partial charge on any atom is -0.392 e. The molecule has 2 atom stereocenters. The van der Waals surface area contributed by atoms with Crippen LogP contribution < -0.4 is 10.6 Å². The van der Waals surface area contributed by atoms with Gasteiger partial charge in [-0.3, -0.25) is 9.59 Å². The molecule has 0 saturated carbocycles. The van der Waals surface area contributed by atoms with Gasteiger partial charge in [0, 0.05) is 6.54 Å². The Morgan fingerprint density at radius 3 is 2.33 bits per heavy atom. The monoisotopic (exact) mass is 250 g/mol. The second-order valence-electron chi connectivity index (χ2n) is 4.16. The predicted molar refractivity (Wildman–Crippen MR) is 67.7 cm³/mol. The number of amides is 2. The molecule has 1 aromatic rings. The molecule has 3 N–H and O–H groups in total. The van der Waals surface area contributed by atoms with Crippen molar-refractivity contribution in [1.29, 1.82) is 0 Å². The third-order valence-electron chi connectivity index (χ3n) is 2.41. The van der Waals surface area contributed by atoms with Gasteiger partial charge in [-0.05, 0) is 19.4 Å². The molecule has 0 aliphatic heterocycles. The van der Waals surface area contributed by atoms with Gasteiger partial charge in [-0.1, -0.05) is 30.3 Å². The maximum absolute atomic E-state index is 11.5. The number of aliphatic hydroxyl groups excluding tert-OH is 1. The standard InChI is InChI=1S/C13H18N2O3/c1-9(16)8-14-12(17)13(18)15-10(2)11-6-4-3-5-7-11/h3-7,9-10,16H,8H2,1-2H3,(H,14,17)(H,15,18)/t9-,10+/m1/s1. The molecular formula is C13H18N2O3. The number of nitrogens with one attached hydrogen (secondary N) is 2. The van der Waals surface area contributed by atoms with E-state index in [1.165, 1.54) is 6.92 Å². The summed E-state index contributed by atoms with van der Waals surface area (Å²) in [7, 11) is 0. The third kappa shape index (κ3) is 4.55. The molecule has 0 unspecified atom stereocenters. The second-order valence-corrected chi connectivity index (χ2v) is 4.16. The van der Waals surface area contributed by atoms with Crippen molar-refractivity contribution >= 4 is 11.8 Å². The molecule has 1 rings (SSSR count). The van der Waals surface area contributed by atoms with Gasteiger partial charge in [0.05, 0.1) is 12.1 Å². The van der Waals surface area contributed by atoms with Crippen LogP contribution in [0.5, 0.6) is 0 Å². The van der Waals surface area contributed by atoms with Gasteiger partial charge in [-0.25, -0.2) is 0 Å². The number of rotatable bonds is 4. The summed E-state index contributed by atoms with van der Waals surface area (Å²) in [5.74, 6) is -1.44. The van der Waals surface area contributed by atoms with Crippen LogP contribution in [0.25, 0.3) is 0 Å². The highest BCUT2D eigenvalue weighted by molar-refractivity contribution is 6.35. The lowest BCUT2D eigenvalue weighted by molar-refractivity contribution is -0.139. The zero-order valence-corrected chi connectivity index (χ0v) is 10.5. The minimum absolute atomic E-state index is 0.0615. The van der Waals surface area contributed by atoms with Crippen LogP contribution in [0.3, 0.4) is 0 Å². The summed E-state index contributed by atoms with van der Waals surface area (Å²) in [5, 5.41) is 13.9. The maximum Gasteiger partial charge on any atom is 0.309 e. The van der Waals surface area contributed by atoms with Crippen LogP contribution in [0.4, 0.5) is 0 Å². The average molecular weight is 250 g/mol. The Labute approximate surface area is 106 Å². The molecule has 18 heavy (non-hydrogen) atoms. The Hall–Kier alpha value is -1.88. The van der Waals surface area contributed by atoms with Gasteiger partial charge in [0.15, 0.2) is 0 Å². The molecule has 0 aliphatic carbocycles. The fraction of sp³-hybridized carbons (Fsp3) is 0.385. The van der Waals surface area contributed by atoms with Gasteiger partial charge in [-0.15, -0.1) is 0 Å². The largest absolute Gasteiger partial charge is 0.392 e. The third-order valence-corrected chi connectivity index (χ3v) is 2.41. The molecule has 0 bridgehead atoms. The Balaban J connectivity index is 2.47. The second kappa shape index (κ2) is 6.76. The average Bonchev–Trinajstić information content (AvgIpc) is 2.36. The van der Waals surface area contributed by atoms with Crippen LogP contribution in [0, 0.1) is 0 Å². The van der Waals surface area contributed by atoms with Gasteiger partial charge in [0.1, 0.15) is 0 Å². The van der Waals surface area contributed by atoms with Crippen molar-refractivity contribution in [3.05, 3.63) is 35.9 Å². The van der Waals surface area contributed by atoms with Crippen molar-refractivity contribution in [3.63, 3.8) is 0 Å². The van der Waals surface area contributed by atoms with Crippen molar-refractivity contribution < 1.29 is 14.7 Å². The first kappa shape index (κ1) is 14.2.